The van der Waals surface area contributed by atoms with E-state index in [1.54, 1.807) is 24.4 Å². The quantitative estimate of drug-likeness (QED) is 0.452. The number of nitriles is 1. The lowest BCUT2D eigenvalue weighted by Crippen LogP contribution is -2.40. The Balaban J connectivity index is 1.71. The average Bonchev–Trinajstić information content (AvgIpc) is 2.86. The fourth-order valence-corrected chi connectivity index (χ4v) is 5.16. The third kappa shape index (κ3) is 6.10. The van der Waals surface area contributed by atoms with E-state index in [-0.39, 0.29) is 5.69 Å². The highest BCUT2D eigenvalue weighted by atomic mass is 32.2. The molecule has 1 fully saturated rings. The number of sulfonamides is 1. The Morgan fingerprint density at radius 1 is 1.22 bits per heavy atom. The molecule has 0 aliphatic carbocycles. The van der Waals surface area contributed by atoms with Crippen molar-refractivity contribution in [2.45, 2.75) is 25.7 Å². The van der Waals surface area contributed by atoms with Gasteiger partial charge in [0.2, 0.25) is 16.0 Å². The van der Waals surface area contributed by atoms with Crippen LogP contribution in [0.4, 0.5) is 23.1 Å². The van der Waals surface area contributed by atoms with Gasteiger partial charge >= 0.3 is 0 Å². The molecular formula is C24H29N7O4S. The van der Waals surface area contributed by atoms with Crippen LogP contribution >= 0.6 is 0 Å². The second-order valence-corrected chi connectivity index (χ2v) is 10.7. The van der Waals surface area contributed by atoms with Gasteiger partial charge in [0.15, 0.2) is 0 Å². The highest BCUT2D eigenvalue weighted by Gasteiger charge is 2.35. The van der Waals surface area contributed by atoms with E-state index in [4.69, 9.17) is 5.11 Å². The molecule has 1 saturated heterocycles. The molecule has 4 bridgehead atoms. The first kappa shape index (κ1) is 25.4. The minimum atomic E-state index is -3.74. The molecule has 0 radical (unpaired) electrons. The molecule has 0 unspecified atom stereocenters. The number of hydrogen-bond acceptors (Lipinski definition) is 9. The van der Waals surface area contributed by atoms with Crippen LogP contribution in [0, 0.1) is 16.7 Å². The van der Waals surface area contributed by atoms with Crippen molar-refractivity contribution in [2.75, 3.05) is 52.2 Å². The number of allylic oxidation sites excluding steroid dienone is 1. The van der Waals surface area contributed by atoms with Crippen molar-refractivity contribution in [2.24, 2.45) is 5.41 Å². The summed E-state index contributed by atoms with van der Waals surface area (Å²) in [7, 11) is -3.74. The van der Waals surface area contributed by atoms with Gasteiger partial charge in [-0.25, -0.2) is 13.4 Å². The molecule has 5 rings (SSSR count). The second-order valence-electron chi connectivity index (χ2n) is 8.87. The van der Waals surface area contributed by atoms with Crippen LogP contribution in [0.15, 0.2) is 42.6 Å². The molecule has 0 atom stereocenters. The summed E-state index contributed by atoms with van der Waals surface area (Å²) >= 11 is 0. The number of hydrogen-bond donors (Lipinski definition) is 4. The molecule has 11 nitrogen and oxygen atoms in total. The molecule has 4 N–H and O–H groups in total. The topological polar surface area (TPSA) is 160 Å². The van der Waals surface area contributed by atoms with E-state index in [0.717, 1.165) is 6.42 Å². The average molecular weight is 512 g/mol. The summed E-state index contributed by atoms with van der Waals surface area (Å²) in [5, 5.41) is 24.9. The summed E-state index contributed by atoms with van der Waals surface area (Å²) in [6.45, 7) is 1.18. The molecule has 3 aliphatic heterocycles. The van der Waals surface area contributed by atoms with E-state index in [1.807, 2.05) is 17.1 Å². The molecule has 0 saturated carbocycles. The Labute approximate surface area is 210 Å². The summed E-state index contributed by atoms with van der Waals surface area (Å²) in [6.07, 6.45) is 8.24. The minimum Gasteiger partial charge on any atom is -0.395 e. The van der Waals surface area contributed by atoms with Crippen LogP contribution < -0.4 is 20.3 Å². The lowest BCUT2D eigenvalue weighted by atomic mass is 9.76. The molecular weight excluding hydrogens is 482 g/mol. The maximum atomic E-state index is 13.3. The Morgan fingerprint density at radius 3 is 2.78 bits per heavy atom. The van der Waals surface area contributed by atoms with Crippen molar-refractivity contribution in [3.63, 3.8) is 0 Å². The van der Waals surface area contributed by atoms with E-state index in [0.29, 0.717) is 61.9 Å². The number of fused-ring (bicyclic) bond motifs is 7. The molecule has 36 heavy (non-hydrogen) atoms. The summed E-state index contributed by atoms with van der Waals surface area (Å²) in [4.78, 5) is 23.8. The predicted molar refractivity (Wildman–Crippen MR) is 137 cm³/mol. The number of anilines is 4. The van der Waals surface area contributed by atoms with E-state index >= 15 is 0 Å². The van der Waals surface area contributed by atoms with Crippen molar-refractivity contribution in [3.05, 3.63) is 48.2 Å². The van der Waals surface area contributed by atoms with Crippen molar-refractivity contribution in [3.8, 4) is 6.07 Å². The van der Waals surface area contributed by atoms with Crippen molar-refractivity contribution < 1.29 is 18.3 Å². The molecule has 1 amide bonds. The Hall–Kier alpha value is -3.69. The van der Waals surface area contributed by atoms with Gasteiger partial charge in [0.25, 0.3) is 5.91 Å². The van der Waals surface area contributed by atoms with Crippen LogP contribution in [-0.2, 0) is 10.0 Å². The maximum Gasteiger partial charge on any atom is 0.258 e. The number of aliphatic hydroxyl groups is 1. The smallest absolute Gasteiger partial charge is 0.258 e. The molecule has 3 aliphatic rings. The van der Waals surface area contributed by atoms with Gasteiger partial charge in [-0.1, -0.05) is 12.2 Å². The van der Waals surface area contributed by atoms with Gasteiger partial charge in [0, 0.05) is 25.8 Å². The standard InChI is InChI=1S/C24H29N7O4S/c25-17-24-7-2-1-3-10-26-23-27-11-6-21(29-23)28-22(33)19-5-4-18(30-36(34,35)15-14-32)16-20(19)31(12-8-24)13-9-24/h1-2,4-6,11,16,30,32H,3,7-10,12-15H2,(H2,26,27,28,29,33)/b2-1+. The largest absolute Gasteiger partial charge is 0.395 e. The van der Waals surface area contributed by atoms with Crippen molar-refractivity contribution >= 4 is 39.1 Å². The number of aliphatic hydroxyl groups excluding tert-OH is 1. The highest BCUT2D eigenvalue weighted by molar-refractivity contribution is 7.92. The first-order valence-corrected chi connectivity index (χ1v) is 13.4. The molecule has 1 aromatic carbocycles. The summed E-state index contributed by atoms with van der Waals surface area (Å²) in [5.74, 6) is -0.117. The van der Waals surface area contributed by atoms with E-state index in [2.05, 4.69) is 31.4 Å². The number of nitrogens with one attached hydrogen (secondary N) is 3. The van der Waals surface area contributed by atoms with Gasteiger partial charge in [0.1, 0.15) is 5.82 Å². The Bertz CT molecular complexity index is 1280. The zero-order valence-electron chi connectivity index (χ0n) is 19.8. The van der Waals surface area contributed by atoms with Crippen LogP contribution in [0.2, 0.25) is 0 Å². The number of carbonyl (C=O) groups is 1. The minimum absolute atomic E-state index is 0.287. The molecule has 0 spiro atoms. The van der Waals surface area contributed by atoms with Gasteiger partial charge in [-0.3, -0.25) is 9.52 Å². The number of aromatic nitrogens is 2. The Kier molecular flexibility index (Phi) is 7.71. The summed E-state index contributed by atoms with van der Waals surface area (Å²) in [5.41, 5.74) is 0.694. The summed E-state index contributed by atoms with van der Waals surface area (Å²) < 4.78 is 26.9. The fourth-order valence-electron chi connectivity index (χ4n) is 4.33. The first-order valence-electron chi connectivity index (χ1n) is 11.8. The van der Waals surface area contributed by atoms with Gasteiger partial charge in [-0.2, -0.15) is 10.2 Å². The van der Waals surface area contributed by atoms with Crippen LogP contribution in [0.3, 0.4) is 0 Å². The van der Waals surface area contributed by atoms with Crippen LogP contribution in [0.1, 0.15) is 36.0 Å². The lowest BCUT2D eigenvalue weighted by molar-refractivity contribution is 0.102. The fraction of sp³-hybridized carbons (Fsp3) is 0.417. The lowest BCUT2D eigenvalue weighted by Gasteiger charge is -2.38. The van der Waals surface area contributed by atoms with Crippen molar-refractivity contribution in [1.82, 2.24) is 9.97 Å². The second kappa shape index (κ2) is 10.9. The third-order valence-electron chi connectivity index (χ3n) is 6.34. The maximum absolute atomic E-state index is 13.3. The van der Waals surface area contributed by atoms with Gasteiger partial charge < -0.3 is 20.6 Å². The Morgan fingerprint density at radius 2 is 2.03 bits per heavy atom. The van der Waals surface area contributed by atoms with Gasteiger partial charge in [-0.05, 0) is 49.9 Å². The first-order chi connectivity index (χ1) is 17.3. The SMILES string of the molecule is N#CC12C/C=C/CCNc3nccc(n3)NC(=O)c3ccc(NS(=O)(=O)CCO)cc3N(CC1)CC2. The predicted octanol–water partition coefficient (Wildman–Crippen LogP) is 2.33. The number of rotatable bonds is 4. The number of nitrogens with zero attached hydrogens (tertiary/aromatic N) is 4. The zero-order chi connectivity index (χ0) is 25.6. The third-order valence-corrected chi connectivity index (χ3v) is 7.61. The molecule has 4 heterocycles. The molecule has 1 aromatic heterocycles. The van der Waals surface area contributed by atoms with Crippen LogP contribution in [0.25, 0.3) is 0 Å². The number of benzene rings is 1. The summed E-state index contributed by atoms with van der Waals surface area (Å²) in [6, 6.07) is 8.78. The molecule has 2 aromatic rings. The normalized spacial score (nSPS) is 18.7. The molecule has 12 heteroatoms. The highest BCUT2D eigenvalue weighted by Crippen LogP contribution is 2.38. The number of piperidine rings is 1. The van der Waals surface area contributed by atoms with Crippen molar-refractivity contribution in [1.29, 1.82) is 5.26 Å². The zero-order valence-corrected chi connectivity index (χ0v) is 20.6. The van der Waals surface area contributed by atoms with E-state index < -0.39 is 33.7 Å². The van der Waals surface area contributed by atoms with Gasteiger partial charge in [-0.15, -0.1) is 0 Å². The van der Waals surface area contributed by atoms with Crippen LogP contribution in [-0.4, -0.2) is 61.4 Å². The number of carbonyl (C=O) groups excluding carboxylic acids is 1. The molecule has 190 valence electrons. The number of amides is 1. The van der Waals surface area contributed by atoms with Crippen LogP contribution in [0.5, 0.6) is 0 Å². The van der Waals surface area contributed by atoms with E-state index in [9.17, 15) is 18.5 Å². The van der Waals surface area contributed by atoms with Gasteiger partial charge in [0.05, 0.1) is 40.8 Å². The monoisotopic (exact) mass is 511 g/mol. The van der Waals surface area contributed by atoms with E-state index in [1.165, 1.54) is 6.07 Å².